The second kappa shape index (κ2) is 8.17. The Labute approximate surface area is 165 Å². The molecule has 27 heavy (non-hydrogen) atoms. The average Bonchev–Trinajstić information content (AvgIpc) is 3.16. The average molecular weight is 391 g/mol. The summed E-state index contributed by atoms with van der Waals surface area (Å²) in [5.41, 5.74) is 1.20. The minimum atomic E-state index is 0.142. The Hall–Kier alpha value is -1.63. The van der Waals surface area contributed by atoms with Crippen LogP contribution in [0.15, 0.2) is 0 Å². The third kappa shape index (κ3) is 3.98. The number of carbonyl (C=O) groups is 2. The molecule has 2 aliphatic heterocycles. The summed E-state index contributed by atoms with van der Waals surface area (Å²) >= 11 is 1.77. The first-order chi connectivity index (χ1) is 13.2. The standard InChI is InChI=1S/C20H30N4O2S/c1-2-18(25)22-10-12-24(13-11-22)20-21-16-7-6-15(14-17(16)27-20)19(26)23-8-4-3-5-9-23/h15H,2-14H2,1H3/t15-/m0/s1. The van der Waals surface area contributed by atoms with Crippen LogP contribution in [0.4, 0.5) is 5.13 Å². The Balaban J connectivity index is 1.37. The van der Waals surface area contributed by atoms with Gasteiger partial charge in [0, 0.05) is 56.5 Å². The molecule has 3 aliphatic rings. The number of likely N-dealkylation sites (tertiary alicyclic amines) is 1. The summed E-state index contributed by atoms with van der Waals surface area (Å²) in [6, 6.07) is 0. The zero-order valence-electron chi connectivity index (χ0n) is 16.3. The smallest absolute Gasteiger partial charge is 0.226 e. The molecule has 1 aromatic heterocycles. The molecule has 2 saturated heterocycles. The number of rotatable bonds is 3. The molecule has 3 heterocycles. The highest BCUT2D eigenvalue weighted by molar-refractivity contribution is 7.15. The molecule has 1 aromatic rings. The number of nitrogens with zero attached hydrogens (tertiary/aromatic N) is 4. The van der Waals surface area contributed by atoms with E-state index in [0.29, 0.717) is 12.3 Å². The molecule has 6 nitrogen and oxygen atoms in total. The third-order valence-corrected chi connectivity index (χ3v) is 7.33. The molecule has 4 rings (SSSR count). The molecule has 1 aliphatic carbocycles. The highest BCUT2D eigenvalue weighted by atomic mass is 32.1. The molecule has 2 amide bonds. The number of aryl methyl sites for hydroxylation is 1. The fraction of sp³-hybridized carbons (Fsp3) is 0.750. The minimum Gasteiger partial charge on any atom is -0.345 e. The van der Waals surface area contributed by atoms with Crippen molar-refractivity contribution >= 4 is 28.3 Å². The van der Waals surface area contributed by atoms with Crippen molar-refractivity contribution in [2.24, 2.45) is 5.92 Å². The summed E-state index contributed by atoms with van der Waals surface area (Å²) in [5, 5.41) is 1.08. The van der Waals surface area contributed by atoms with Crippen molar-refractivity contribution in [3.8, 4) is 0 Å². The first-order valence-corrected chi connectivity index (χ1v) is 11.3. The monoisotopic (exact) mass is 390 g/mol. The van der Waals surface area contributed by atoms with Gasteiger partial charge in [-0.3, -0.25) is 9.59 Å². The zero-order valence-corrected chi connectivity index (χ0v) is 17.1. The maximum absolute atomic E-state index is 12.9. The largest absolute Gasteiger partial charge is 0.345 e. The van der Waals surface area contributed by atoms with Crippen LogP contribution in [0.25, 0.3) is 0 Å². The van der Waals surface area contributed by atoms with Gasteiger partial charge in [-0.2, -0.15) is 0 Å². The van der Waals surface area contributed by atoms with Gasteiger partial charge in [-0.1, -0.05) is 6.92 Å². The predicted octanol–water partition coefficient (Wildman–Crippen LogP) is 2.32. The van der Waals surface area contributed by atoms with Gasteiger partial charge in [0.15, 0.2) is 5.13 Å². The van der Waals surface area contributed by atoms with Crippen LogP contribution in [0, 0.1) is 5.92 Å². The summed E-state index contributed by atoms with van der Waals surface area (Å²) in [4.78, 5) is 37.3. The fourth-order valence-corrected chi connectivity index (χ4v) is 5.69. The Morgan fingerprint density at radius 1 is 1.04 bits per heavy atom. The van der Waals surface area contributed by atoms with Crippen LogP contribution in [0.2, 0.25) is 0 Å². The Bertz CT molecular complexity index is 690. The van der Waals surface area contributed by atoms with E-state index in [9.17, 15) is 9.59 Å². The molecule has 0 saturated carbocycles. The topological polar surface area (TPSA) is 56.8 Å². The lowest BCUT2D eigenvalue weighted by molar-refractivity contribution is -0.136. The molecule has 0 N–H and O–H groups in total. The molecule has 0 aromatic carbocycles. The van der Waals surface area contributed by atoms with Gasteiger partial charge in [0.25, 0.3) is 0 Å². The van der Waals surface area contributed by atoms with Crippen molar-refractivity contribution in [2.75, 3.05) is 44.2 Å². The molecule has 0 bridgehead atoms. The summed E-state index contributed by atoms with van der Waals surface area (Å²) in [7, 11) is 0. The first-order valence-electron chi connectivity index (χ1n) is 10.5. The van der Waals surface area contributed by atoms with Crippen LogP contribution >= 0.6 is 11.3 Å². The molecular weight excluding hydrogens is 360 g/mol. The van der Waals surface area contributed by atoms with Gasteiger partial charge in [-0.05, 0) is 38.5 Å². The van der Waals surface area contributed by atoms with Crippen LogP contribution in [0.5, 0.6) is 0 Å². The number of fused-ring (bicyclic) bond motifs is 1. The van der Waals surface area contributed by atoms with Gasteiger partial charge >= 0.3 is 0 Å². The Kier molecular flexibility index (Phi) is 5.66. The van der Waals surface area contributed by atoms with E-state index in [1.165, 1.54) is 17.0 Å². The SMILES string of the molecule is CCC(=O)N1CCN(c2nc3c(s2)C[C@@H](C(=O)N2CCCCC2)CC3)CC1. The molecule has 2 fully saturated rings. The zero-order chi connectivity index (χ0) is 18.8. The van der Waals surface area contributed by atoms with Crippen LogP contribution in [0.1, 0.15) is 49.6 Å². The van der Waals surface area contributed by atoms with E-state index in [4.69, 9.17) is 4.98 Å². The highest BCUT2D eigenvalue weighted by Crippen LogP contribution is 2.35. The number of thiazole rings is 1. The number of hydrogen-bond donors (Lipinski definition) is 0. The Morgan fingerprint density at radius 3 is 2.48 bits per heavy atom. The maximum atomic E-state index is 12.9. The van der Waals surface area contributed by atoms with Crippen molar-refractivity contribution in [1.82, 2.24) is 14.8 Å². The molecular formula is C20H30N4O2S. The number of hydrogen-bond acceptors (Lipinski definition) is 5. The lowest BCUT2D eigenvalue weighted by atomic mass is 9.89. The second-order valence-electron chi connectivity index (χ2n) is 7.91. The van der Waals surface area contributed by atoms with Crippen LogP contribution < -0.4 is 4.90 Å². The lowest BCUT2D eigenvalue weighted by Gasteiger charge is -2.34. The predicted molar refractivity (Wildman–Crippen MR) is 107 cm³/mol. The summed E-state index contributed by atoms with van der Waals surface area (Å²) in [6.45, 7) is 7.08. The maximum Gasteiger partial charge on any atom is 0.226 e. The molecule has 1 atom stereocenters. The van der Waals surface area contributed by atoms with Gasteiger partial charge in [0.05, 0.1) is 5.69 Å². The quantitative estimate of drug-likeness (QED) is 0.795. The summed E-state index contributed by atoms with van der Waals surface area (Å²) < 4.78 is 0. The van der Waals surface area contributed by atoms with Crippen LogP contribution in [0.3, 0.4) is 0 Å². The van der Waals surface area contributed by atoms with E-state index in [1.807, 2.05) is 11.8 Å². The highest BCUT2D eigenvalue weighted by Gasteiger charge is 2.32. The van der Waals surface area contributed by atoms with Crippen molar-refractivity contribution < 1.29 is 9.59 Å². The van der Waals surface area contributed by atoms with Crippen molar-refractivity contribution in [2.45, 2.75) is 51.9 Å². The van der Waals surface area contributed by atoms with Gasteiger partial charge in [-0.25, -0.2) is 4.98 Å². The van der Waals surface area contributed by atoms with Gasteiger partial charge in [-0.15, -0.1) is 11.3 Å². The van der Waals surface area contributed by atoms with E-state index in [2.05, 4.69) is 9.80 Å². The van der Waals surface area contributed by atoms with Crippen molar-refractivity contribution in [3.63, 3.8) is 0 Å². The number of anilines is 1. The van der Waals surface area contributed by atoms with Crippen LogP contribution in [-0.4, -0.2) is 65.9 Å². The van der Waals surface area contributed by atoms with E-state index in [0.717, 1.165) is 76.5 Å². The summed E-state index contributed by atoms with van der Waals surface area (Å²) in [5.74, 6) is 0.747. The molecule has 0 radical (unpaired) electrons. The van der Waals surface area contributed by atoms with Gasteiger partial charge < -0.3 is 14.7 Å². The van der Waals surface area contributed by atoms with Gasteiger partial charge in [0.1, 0.15) is 0 Å². The van der Waals surface area contributed by atoms with E-state index in [-0.39, 0.29) is 11.8 Å². The summed E-state index contributed by atoms with van der Waals surface area (Å²) in [6.07, 6.45) is 6.86. The number of carbonyl (C=O) groups excluding carboxylic acids is 2. The molecule has 7 heteroatoms. The van der Waals surface area contributed by atoms with Crippen molar-refractivity contribution in [1.29, 1.82) is 0 Å². The minimum absolute atomic E-state index is 0.142. The number of piperazine rings is 1. The van der Waals surface area contributed by atoms with E-state index >= 15 is 0 Å². The number of amides is 2. The van der Waals surface area contributed by atoms with Gasteiger partial charge in [0.2, 0.25) is 11.8 Å². The Morgan fingerprint density at radius 2 is 1.78 bits per heavy atom. The molecule has 0 unspecified atom stereocenters. The van der Waals surface area contributed by atoms with Crippen molar-refractivity contribution in [3.05, 3.63) is 10.6 Å². The number of aromatic nitrogens is 1. The van der Waals surface area contributed by atoms with Crippen LogP contribution in [-0.2, 0) is 22.4 Å². The third-order valence-electron chi connectivity index (χ3n) is 6.15. The van der Waals surface area contributed by atoms with E-state index in [1.54, 1.807) is 11.3 Å². The van der Waals surface area contributed by atoms with E-state index < -0.39 is 0 Å². The lowest BCUT2D eigenvalue weighted by Crippen LogP contribution is -2.48. The normalized spacial score (nSPS) is 23.3. The number of piperidine rings is 1. The first kappa shape index (κ1) is 18.7. The fourth-order valence-electron chi connectivity index (χ4n) is 4.45. The molecule has 148 valence electrons. The molecule has 0 spiro atoms. The second-order valence-corrected chi connectivity index (χ2v) is 8.98.